The van der Waals surface area contributed by atoms with Crippen LogP contribution in [-0.2, 0) is 26.0 Å². The maximum Gasteiger partial charge on any atom is 0.253 e. The van der Waals surface area contributed by atoms with Gasteiger partial charge >= 0.3 is 0 Å². The van der Waals surface area contributed by atoms with Crippen molar-refractivity contribution < 1.29 is 22.7 Å². The molecule has 0 unspecified atom stereocenters. The Balaban J connectivity index is 1.67. The number of piperazine rings is 1. The van der Waals surface area contributed by atoms with Gasteiger partial charge in [0.05, 0.1) is 18.0 Å². The van der Waals surface area contributed by atoms with Crippen molar-refractivity contribution in [3.05, 3.63) is 65.7 Å². The van der Waals surface area contributed by atoms with Gasteiger partial charge in [-0.05, 0) is 42.7 Å². The van der Waals surface area contributed by atoms with Gasteiger partial charge in [-0.25, -0.2) is 8.42 Å². The van der Waals surface area contributed by atoms with E-state index in [2.05, 4.69) is 17.4 Å². The number of rotatable bonds is 10. The van der Waals surface area contributed by atoms with E-state index >= 15 is 0 Å². The maximum absolute atomic E-state index is 13.1. The molecule has 3 rings (SSSR count). The fourth-order valence-electron chi connectivity index (χ4n) is 3.56. The van der Waals surface area contributed by atoms with Crippen LogP contribution in [0.1, 0.15) is 22.3 Å². The Morgan fingerprint density at radius 3 is 2.47 bits per heavy atom. The van der Waals surface area contributed by atoms with E-state index in [9.17, 15) is 18.0 Å². The van der Waals surface area contributed by atoms with Crippen LogP contribution < -0.4 is 5.32 Å². The second kappa shape index (κ2) is 11.2. The van der Waals surface area contributed by atoms with Crippen molar-refractivity contribution in [1.82, 2.24) is 14.5 Å². The molecule has 1 heterocycles. The molecule has 2 aromatic rings. The molecule has 1 N–H and O–H groups in total. The molecule has 0 aliphatic carbocycles. The van der Waals surface area contributed by atoms with Gasteiger partial charge in [0.25, 0.3) is 5.91 Å². The Labute approximate surface area is 189 Å². The van der Waals surface area contributed by atoms with Crippen molar-refractivity contribution in [3.63, 3.8) is 0 Å². The molecule has 1 fully saturated rings. The molecule has 1 aliphatic rings. The summed E-state index contributed by atoms with van der Waals surface area (Å²) in [5.74, 6) is -0.493. The Hall–Kier alpha value is -2.75. The monoisotopic (exact) mass is 459 g/mol. The van der Waals surface area contributed by atoms with Crippen LogP contribution in [-0.4, -0.2) is 75.9 Å². The number of ether oxygens (including phenoxy) is 1. The van der Waals surface area contributed by atoms with Crippen LogP contribution in [0.2, 0.25) is 0 Å². The highest BCUT2D eigenvalue weighted by Gasteiger charge is 2.29. The molecule has 0 radical (unpaired) electrons. The summed E-state index contributed by atoms with van der Waals surface area (Å²) in [6.45, 7) is 1.75. The highest BCUT2D eigenvalue weighted by Crippen LogP contribution is 2.18. The first-order chi connectivity index (χ1) is 15.4. The Morgan fingerprint density at radius 1 is 1.09 bits per heavy atom. The minimum absolute atomic E-state index is 0.0660. The molecule has 172 valence electrons. The molecule has 32 heavy (non-hydrogen) atoms. The summed E-state index contributed by atoms with van der Waals surface area (Å²) in [5.41, 5.74) is 1.63. The first-order valence-corrected chi connectivity index (χ1v) is 12.0. The second-order valence-electron chi connectivity index (χ2n) is 7.59. The van der Waals surface area contributed by atoms with Crippen LogP contribution in [0.25, 0.3) is 0 Å². The third-order valence-electron chi connectivity index (χ3n) is 5.33. The van der Waals surface area contributed by atoms with Gasteiger partial charge in [0, 0.05) is 38.9 Å². The average Bonchev–Trinajstić information content (AvgIpc) is 2.81. The van der Waals surface area contributed by atoms with Gasteiger partial charge in [-0.1, -0.05) is 30.3 Å². The SMILES string of the molecule is COCCN(CCCc1ccccc1)C(=O)c1ccc(S(=O)(=O)N2CCNC(=O)C2)cc1. The van der Waals surface area contributed by atoms with Crippen molar-refractivity contribution in [2.75, 3.05) is 46.4 Å². The lowest BCUT2D eigenvalue weighted by molar-refractivity contribution is -0.122. The van der Waals surface area contributed by atoms with Crippen molar-refractivity contribution in [1.29, 1.82) is 0 Å². The molecule has 9 heteroatoms. The molecule has 2 amide bonds. The zero-order valence-electron chi connectivity index (χ0n) is 18.2. The van der Waals surface area contributed by atoms with Crippen molar-refractivity contribution in [3.8, 4) is 0 Å². The molecule has 1 aliphatic heterocycles. The van der Waals surface area contributed by atoms with Crippen molar-refractivity contribution in [2.45, 2.75) is 17.7 Å². The molecule has 2 aromatic carbocycles. The zero-order chi connectivity index (χ0) is 23.0. The number of hydrogen-bond donors (Lipinski definition) is 1. The average molecular weight is 460 g/mol. The topological polar surface area (TPSA) is 96.0 Å². The van der Waals surface area contributed by atoms with Crippen LogP contribution >= 0.6 is 0 Å². The molecular formula is C23H29N3O5S. The number of sulfonamides is 1. The van der Waals surface area contributed by atoms with Gasteiger partial charge in [0.15, 0.2) is 0 Å². The lowest BCUT2D eigenvalue weighted by Gasteiger charge is -2.26. The molecule has 0 aromatic heterocycles. The predicted molar refractivity (Wildman–Crippen MR) is 121 cm³/mol. The van der Waals surface area contributed by atoms with Crippen LogP contribution in [0.15, 0.2) is 59.5 Å². The Bertz CT molecular complexity index is 1010. The fraction of sp³-hybridized carbons (Fsp3) is 0.391. The lowest BCUT2D eigenvalue weighted by Crippen LogP contribution is -2.49. The van der Waals surface area contributed by atoms with Gasteiger partial charge in [-0.2, -0.15) is 4.31 Å². The quantitative estimate of drug-likeness (QED) is 0.581. The normalized spacial score (nSPS) is 14.7. The summed E-state index contributed by atoms with van der Waals surface area (Å²) in [5, 5.41) is 2.61. The number of benzene rings is 2. The number of hydrogen-bond acceptors (Lipinski definition) is 5. The number of methoxy groups -OCH3 is 1. The van der Waals surface area contributed by atoms with Crippen molar-refractivity contribution in [2.24, 2.45) is 0 Å². The van der Waals surface area contributed by atoms with E-state index in [-0.39, 0.29) is 36.3 Å². The first kappa shape index (κ1) is 23.9. The summed E-state index contributed by atoms with van der Waals surface area (Å²) < 4.78 is 31.9. The summed E-state index contributed by atoms with van der Waals surface area (Å²) in [4.78, 5) is 26.4. The fourth-order valence-corrected chi connectivity index (χ4v) is 4.95. The molecule has 0 atom stereocenters. The summed E-state index contributed by atoms with van der Waals surface area (Å²) in [7, 11) is -2.20. The van der Waals surface area contributed by atoms with E-state index < -0.39 is 10.0 Å². The minimum atomic E-state index is -3.79. The molecule has 0 saturated carbocycles. The molecule has 0 spiro atoms. The largest absolute Gasteiger partial charge is 0.383 e. The zero-order valence-corrected chi connectivity index (χ0v) is 19.0. The van der Waals surface area contributed by atoms with Gasteiger partial charge < -0.3 is 15.0 Å². The molecule has 0 bridgehead atoms. The van der Waals surface area contributed by atoms with E-state index in [1.54, 1.807) is 12.0 Å². The second-order valence-corrected chi connectivity index (χ2v) is 9.53. The van der Waals surface area contributed by atoms with Gasteiger partial charge in [-0.15, -0.1) is 0 Å². The van der Waals surface area contributed by atoms with Crippen LogP contribution in [0.4, 0.5) is 0 Å². The van der Waals surface area contributed by atoms with E-state index in [0.29, 0.717) is 25.3 Å². The van der Waals surface area contributed by atoms with Crippen LogP contribution in [0.3, 0.4) is 0 Å². The van der Waals surface area contributed by atoms with E-state index in [1.807, 2.05) is 18.2 Å². The minimum Gasteiger partial charge on any atom is -0.383 e. The van der Waals surface area contributed by atoms with Gasteiger partial charge in [0.2, 0.25) is 15.9 Å². The number of carbonyl (C=O) groups is 2. The number of nitrogens with zero attached hydrogens (tertiary/aromatic N) is 2. The smallest absolute Gasteiger partial charge is 0.253 e. The Morgan fingerprint density at radius 2 is 1.81 bits per heavy atom. The first-order valence-electron chi connectivity index (χ1n) is 10.6. The number of nitrogens with one attached hydrogen (secondary N) is 1. The molecule has 8 nitrogen and oxygen atoms in total. The predicted octanol–water partition coefficient (Wildman–Crippen LogP) is 1.53. The Kier molecular flexibility index (Phi) is 8.38. The van der Waals surface area contributed by atoms with E-state index in [1.165, 1.54) is 29.8 Å². The highest BCUT2D eigenvalue weighted by atomic mass is 32.2. The van der Waals surface area contributed by atoms with Crippen LogP contribution in [0.5, 0.6) is 0 Å². The number of carbonyl (C=O) groups excluding carboxylic acids is 2. The highest BCUT2D eigenvalue weighted by molar-refractivity contribution is 7.89. The lowest BCUT2D eigenvalue weighted by atomic mass is 10.1. The molecule has 1 saturated heterocycles. The van der Waals surface area contributed by atoms with E-state index in [0.717, 1.165) is 17.1 Å². The summed E-state index contributed by atoms with van der Waals surface area (Å²) in [6.07, 6.45) is 1.67. The van der Waals surface area contributed by atoms with Crippen LogP contribution in [0, 0.1) is 0 Å². The van der Waals surface area contributed by atoms with Gasteiger partial charge in [-0.3, -0.25) is 9.59 Å². The standard InChI is InChI=1S/C23H29N3O5S/c1-31-17-16-25(14-5-8-19-6-3-2-4-7-19)23(28)20-9-11-21(12-10-20)32(29,30)26-15-13-24-22(27)18-26/h2-4,6-7,9-12H,5,8,13-18H2,1H3,(H,24,27). The molecular weight excluding hydrogens is 430 g/mol. The summed E-state index contributed by atoms with van der Waals surface area (Å²) >= 11 is 0. The third kappa shape index (κ3) is 6.15. The van der Waals surface area contributed by atoms with E-state index in [4.69, 9.17) is 4.74 Å². The third-order valence-corrected chi connectivity index (χ3v) is 7.19. The maximum atomic E-state index is 13.1. The number of amides is 2. The summed E-state index contributed by atoms with van der Waals surface area (Å²) in [6, 6.07) is 16.0. The van der Waals surface area contributed by atoms with Crippen molar-refractivity contribution >= 4 is 21.8 Å². The van der Waals surface area contributed by atoms with Gasteiger partial charge in [0.1, 0.15) is 0 Å². The number of aryl methyl sites for hydroxylation is 1.